The first-order valence-electron chi connectivity index (χ1n) is 3.76. The van der Waals surface area contributed by atoms with Gasteiger partial charge in [0.15, 0.2) is 6.29 Å². The average molecular weight is 201 g/mol. The molecule has 80 valence electrons. The molecule has 13 heavy (non-hydrogen) atoms. The van der Waals surface area contributed by atoms with Gasteiger partial charge >= 0.3 is 6.18 Å². The highest BCUT2D eigenvalue weighted by Gasteiger charge is 2.28. The summed E-state index contributed by atoms with van der Waals surface area (Å²) in [5, 5.41) is 2.25. The largest absolute Gasteiger partial charge is 0.401 e. The minimum absolute atomic E-state index is 0.503. The maximum Gasteiger partial charge on any atom is 0.401 e. The summed E-state index contributed by atoms with van der Waals surface area (Å²) in [6, 6.07) is -0.503. The minimum atomic E-state index is -4.21. The van der Waals surface area contributed by atoms with Gasteiger partial charge in [-0.1, -0.05) is 0 Å². The highest BCUT2D eigenvalue weighted by atomic mass is 19.4. The van der Waals surface area contributed by atoms with Gasteiger partial charge in [-0.05, 0) is 6.92 Å². The Kier molecular flexibility index (Phi) is 5.27. The van der Waals surface area contributed by atoms with Gasteiger partial charge in [-0.15, -0.1) is 0 Å². The average Bonchev–Trinajstić information content (AvgIpc) is 2.02. The van der Waals surface area contributed by atoms with Crippen molar-refractivity contribution in [1.29, 1.82) is 0 Å². The van der Waals surface area contributed by atoms with Gasteiger partial charge < -0.3 is 14.8 Å². The van der Waals surface area contributed by atoms with E-state index in [4.69, 9.17) is 9.47 Å². The molecule has 0 spiro atoms. The summed E-state index contributed by atoms with van der Waals surface area (Å²) in [6.45, 7) is 0.515. The van der Waals surface area contributed by atoms with E-state index in [1.807, 2.05) is 0 Å². The van der Waals surface area contributed by atoms with Crippen molar-refractivity contribution in [3.8, 4) is 0 Å². The zero-order valence-electron chi connectivity index (χ0n) is 7.81. The van der Waals surface area contributed by atoms with E-state index in [2.05, 4.69) is 5.32 Å². The number of rotatable bonds is 5. The molecule has 0 radical (unpaired) electrons. The molecule has 0 aliphatic heterocycles. The molecule has 0 amide bonds. The van der Waals surface area contributed by atoms with Crippen LogP contribution in [0.25, 0.3) is 0 Å². The number of hydrogen-bond acceptors (Lipinski definition) is 3. The lowest BCUT2D eigenvalue weighted by Crippen LogP contribution is -2.43. The number of hydrogen-bond donors (Lipinski definition) is 1. The molecule has 0 rings (SSSR count). The third-order valence-electron chi connectivity index (χ3n) is 1.50. The molecule has 1 N–H and O–H groups in total. The van der Waals surface area contributed by atoms with Gasteiger partial charge in [-0.3, -0.25) is 0 Å². The quantitative estimate of drug-likeness (QED) is 0.677. The van der Waals surface area contributed by atoms with Gasteiger partial charge in [0.05, 0.1) is 12.6 Å². The Bertz CT molecular complexity index is 136. The normalized spacial score (nSPS) is 15.0. The monoisotopic (exact) mass is 201 g/mol. The van der Waals surface area contributed by atoms with Crippen LogP contribution < -0.4 is 5.32 Å². The smallest absolute Gasteiger partial charge is 0.354 e. The molecule has 0 saturated heterocycles. The summed E-state index contributed by atoms with van der Waals surface area (Å²) in [5.74, 6) is 0. The van der Waals surface area contributed by atoms with Gasteiger partial charge in [-0.2, -0.15) is 13.2 Å². The van der Waals surface area contributed by atoms with Crippen molar-refractivity contribution in [2.24, 2.45) is 0 Å². The molecule has 0 bridgehead atoms. The van der Waals surface area contributed by atoms with Crippen molar-refractivity contribution in [2.75, 3.05) is 20.8 Å². The van der Waals surface area contributed by atoms with Crippen molar-refractivity contribution in [3.05, 3.63) is 0 Å². The third kappa shape index (κ3) is 5.84. The maximum atomic E-state index is 11.7. The van der Waals surface area contributed by atoms with E-state index >= 15 is 0 Å². The van der Waals surface area contributed by atoms with Crippen LogP contribution in [0.3, 0.4) is 0 Å². The molecule has 0 aliphatic carbocycles. The van der Waals surface area contributed by atoms with Crippen LogP contribution >= 0.6 is 0 Å². The van der Waals surface area contributed by atoms with E-state index in [1.54, 1.807) is 6.92 Å². The second-order valence-electron chi connectivity index (χ2n) is 2.62. The molecule has 0 aliphatic rings. The number of nitrogens with one attached hydrogen (secondary N) is 1. The number of methoxy groups -OCH3 is 2. The fraction of sp³-hybridized carbons (Fsp3) is 1.00. The Morgan fingerprint density at radius 2 is 1.69 bits per heavy atom. The van der Waals surface area contributed by atoms with E-state index in [0.29, 0.717) is 0 Å². The van der Waals surface area contributed by atoms with Crippen molar-refractivity contribution in [3.63, 3.8) is 0 Å². The first-order valence-corrected chi connectivity index (χ1v) is 3.76. The molecule has 6 heteroatoms. The number of halogens is 3. The van der Waals surface area contributed by atoms with Crippen molar-refractivity contribution in [1.82, 2.24) is 5.32 Å². The SMILES string of the molecule is COC(OC)C(C)NCC(F)(F)F. The molecule has 1 unspecified atom stereocenters. The van der Waals surface area contributed by atoms with E-state index < -0.39 is 25.1 Å². The van der Waals surface area contributed by atoms with Crippen LogP contribution in [0.5, 0.6) is 0 Å². The molecule has 1 atom stereocenters. The second kappa shape index (κ2) is 5.41. The van der Waals surface area contributed by atoms with Gasteiger partial charge in [0.25, 0.3) is 0 Å². The molecule has 0 fully saturated rings. The highest BCUT2D eigenvalue weighted by Crippen LogP contribution is 2.13. The Morgan fingerprint density at radius 1 is 1.23 bits per heavy atom. The Morgan fingerprint density at radius 3 is 2.00 bits per heavy atom. The predicted molar refractivity (Wildman–Crippen MR) is 41.3 cm³/mol. The lowest BCUT2D eigenvalue weighted by atomic mass is 10.3. The lowest BCUT2D eigenvalue weighted by Gasteiger charge is -2.22. The predicted octanol–water partition coefficient (Wildman–Crippen LogP) is 1.15. The lowest BCUT2D eigenvalue weighted by molar-refractivity contribution is -0.144. The van der Waals surface area contributed by atoms with Crippen molar-refractivity contribution in [2.45, 2.75) is 25.4 Å². The third-order valence-corrected chi connectivity index (χ3v) is 1.50. The van der Waals surface area contributed by atoms with Gasteiger partial charge in [0, 0.05) is 14.2 Å². The van der Waals surface area contributed by atoms with Gasteiger partial charge in [0.2, 0.25) is 0 Å². The van der Waals surface area contributed by atoms with E-state index in [-0.39, 0.29) is 0 Å². The second-order valence-corrected chi connectivity index (χ2v) is 2.62. The molecule has 0 aromatic rings. The Hall–Kier alpha value is -0.330. The van der Waals surface area contributed by atoms with Crippen LogP contribution in [0, 0.1) is 0 Å². The van der Waals surface area contributed by atoms with Gasteiger partial charge in [0.1, 0.15) is 0 Å². The van der Waals surface area contributed by atoms with Crippen LogP contribution in [-0.2, 0) is 9.47 Å². The first kappa shape index (κ1) is 12.7. The fourth-order valence-corrected chi connectivity index (χ4v) is 0.877. The van der Waals surface area contributed by atoms with Crippen LogP contribution in [0.15, 0.2) is 0 Å². The number of ether oxygens (including phenoxy) is 2. The summed E-state index contributed by atoms with van der Waals surface area (Å²) in [4.78, 5) is 0. The molecule has 3 nitrogen and oxygen atoms in total. The molecule has 0 heterocycles. The standard InChI is InChI=1S/C7H14F3NO2/c1-5(6(12-2)13-3)11-4-7(8,9)10/h5-6,11H,4H2,1-3H3. The highest BCUT2D eigenvalue weighted by molar-refractivity contribution is 4.67. The summed E-state index contributed by atoms with van der Waals surface area (Å²) >= 11 is 0. The molecule has 0 aromatic carbocycles. The van der Waals surface area contributed by atoms with E-state index in [0.717, 1.165) is 0 Å². The molecule has 0 saturated carbocycles. The van der Waals surface area contributed by atoms with Crippen molar-refractivity contribution >= 4 is 0 Å². The summed E-state index contributed by atoms with van der Waals surface area (Å²) in [7, 11) is 2.75. The van der Waals surface area contributed by atoms with E-state index in [1.165, 1.54) is 14.2 Å². The Labute approximate surface area is 75.2 Å². The number of alkyl halides is 3. The maximum absolute atomic E-state index is 11.7. The Balaban J connectivity index is 3.78. The zero-order chi connectivity index (χ0) is 10.5. The van der Waals surface area contributed by atoms with Crippen molar-refractivity contribution < 1.29 is 22.6 Å². The summed E-state index contributed by atoms with van der Waals surface area (Å²) in [6.07, 6.45) is -4.87. The first-order chi connectivity index (χ1) is 5.90. The van der Waals surface area contributed by atoms with Gasteiger partial charge in [-0.25, -0.2) is 0 Å². The molecule has 0 aromatic heterocycles. The zero-order valence-corrected chi connectivity index (χ0v) is 7.81. The van der Waals surface area contributed by atoms with Crippen LogP contribution in [0.4, 0.5) is 13.2 Å². The van der Waals surface area contributed by atoms with Crippen LogP contribution in [-0.4, -0.2) is 39.3 Å². The molecular formula is C7H14F3NO2. The summed E-state index contributed by atoms with van der Waals surface area (Å²) in [5.41, 5.74) is 0. The van der Waals surface area contributed by atoms with Crippen LogP contribution in [0.1, 0.15) is 6.92 Å². The minimum Gasteiger partial charge on any atom is -0.354 e. The summed E-state index contributed by atoms with van der Waals surface area (Å²) < 4.78 is 44.8. The fourth-order valence-electron chi connectivity index (χ4n) is 0.877. The van der Waals surface area contributed by atoms with Crippen LogP contribution in [0.2, 0.25) is 0 Å². The van der Waals surface area contributed by atoms with E-state index in [9.17, 15) is 13.2 Å². The molecular weight excluding hydrogens is 187 g/mol. The topological polar surface area (TPSA) is 30.5 Å².